The monoisotopic (exact) mass is 308 g/mol. The van der Waals surface area contributed by atoms with Gasteiger partial charge in [-0.25, -0.2) is 0 Å². The van der Waals surface area contributed by atoms with Crippen LogP contribution in [-0.4, -0.2) is 21.2 Å². The number of rotatable bonds is 8. The van der Waals surface area contributed by atoms with E-state index in [1.54, 1.807) is 12.4 Å². The zero-order valence-electron chi connectivity index (χ0n) is 13.7. The van der Waals surface area contributed by atoms with E-state index in [9.17, 15) is 5.11 Å². The molecule has 0 radical (unpaired) electrons. The maximum atomic E-state index is 9.20. The van der Waals surface area contributed by atoms with Crippen molar-refractivity contribution in [3.63, 3.8) is 0 Å². The van der Waals surface area contributed by atoms with E-state index in [1.165, 1.54) is 5.56 Å². The van der Waals surface area contributed by atoms with Crippen molar-refractivity contribution in [2.75, 3.05) is 0 Å². The molecule has 0 saturated heterocycles. The lowest BCUT2D eigenvalue weighted by molar-refractivity contribution is 0.182. The first-order valence-corrected chi connectivity index (χ1v) is 8.06. The highest BCUT2D eigenvalue weighted by Gasteiger charge is 2.00. The number of aliphatic hydroxyl groups excluding tert-OH is 1. The van der Waals surface area contributed by atoms with Crippen molar-refractivity contribution in [1.29, 1.82) is 0 Å². The van der Waals surface area contributed by atoms with Gasteiger partial charge in [0.1, 0.15) is 0 Å². The largest absolute Gasteiger partial charge is 0.393 e. The summed E-state index contributed by atoms with van der Waals surface area (Å²) in [4.78, 5) is 8.91. The minimum Gasteiger partial charge on any atom is -0.393 e. The molecule has 0 amide bonds. The van der Waals surface area contributed by atoms with Crippen LogP contribution in [0.25, 0.3) is 17.3 Å². The number of allylic oxidation sites excluding steroid dienone is 2. The molecule has 1 heterocycles. The van der Waals surface area contributed by atoms with Crippen LogP contribution in [0.5, 0.6) is 0 Å². The molecule has 23 heavy (non-hydrogen) atoms. The molecule has 0 aliphatic carbocycles. The van der Waals surface area contributed by atoms with Gasteiger partial charge in [-0.2, -0.15) is 0 Å². The average Bonchev–Trinajstić information content (AvgIpc) is 2.56. The van der Waals surface area contributed by atoms with Crippen LogP contribution < -0.4 is 0 Å². The van der Waals surface area contributed by atoms with Crippen molar-refractivity contribution in [2.24, 2.45) is 0 Å². The van der Waals surface area contributed by atoms with Gasteiger partial charge in [0.15, 0.2) is 0 Å². The fourth-order valence-electron chi connectivity index (χ4n) is 2.29. The molecule has 2 rings (SSSR count). The van der Waals surface area contributed by atoms with Crippen molar-refractivity contribution in [1.82, 2.24) is 9.97 Å². The highest BCUT2D eigenvalue weighted by molar-refractivity contribution is 5.59. The van der Waals surface area contributed by atoms with E-state index in [0.29, 0.717) is 0 Å². The van der Waals surface area contributed by atoms with Gasteiger partial charge in [0, 0.05) is 5.56 Å². The van der Waals surface area contributed by atoms with Gasteiger partial charge in [0.05, 0.1) is 29.9 Å². The minimum absolute atomic E-state index is 0.222. The summed E-state index contributed by atoms with van der Waals surface area (Å²) < 4.78 is 0. The van der Waals surface area contributed by atoms with Crippen molar-refractivity contribution in [3.8, 4) is 11.3 Å². The Balaban J connectivity index is 1.93. The lowest BCUT2D eigenvalue weighted by Gasteiger charge is -2.03. The van der Waals surface area contributed by atoms with Gasteiger partial charge >= 0.3 is 0 Å². The highest BCUT2D eigenvalue weighted by Crippen LogP contribution is 2.17. The summed E-state index contributed by atoms with van der Waals surface area (Å²) in [6, 6.07) is 8.31. The normalized spacial score (nSPS) is 12.4. The van der Waals surface area contributed by atoms with Gasteiger partial charge in [-0.15, -0.1) is 6.58 Å². The Kier molecular flexibility index (Phi) is 6.70. The third-order valence-electron chi connectivity index (χ3n) is 3.58. The lowest BCUT2D eigenvalue weighted by Crippen LogP contribution is -1.97. The zero-order chi connectivity index (χ0) is 16.5. The average molecular weight is 308 g/mol. The Hall–Kier alpha value is -2.26. The number of unbranched alkanes of at least 4 members (excludes halogenated alkanes) is 1. The molecule has 1 unspecified atom stereocenters. The van der Waals surface area contributed by atoms with Gasteiger partial charge in [0.25, 0.3) is 0 Å². The van der Waals surface area contributed by atoms with Crippen LogP contribution >= 0.6 is 0 Å². The molecule has 0 aliphatic heterocycles. The third-order valence-corrected chi connectivity index (χ3v) is 3.58. The van der Waals surface area contributed by atoms with Crippen molar-refractivity contribution >= 4 is 6.08 Å². The fourth-order valence-corrected chi connectivity index (χ4v) is 2.29. The molecule has 0 spiro atoms. The number of nitrogens with zero attached hydrogens (tertiary/aromatic N) is 2. The summed E-state index contributed by atoms with van der Waals surface area (Å²) in [5.74, 6) is 0. The summed E-state index contributed by atoms with van der Waals surface area (Å²) in [7, 11) is 0. The molecule has 1 aromatic heterocycles. The van der Waals surface area contributed by atoms with Gasteiger partial charge in [-0.1, -0.05) is 36.4 Å². The first-order chi connectivity index (χ1) is 11.2. The maximum absolute atomic E-state index is 9.20. The number of aliphatic hydroxyl groups is 1. The molecule has 0 saturated carbocycles. The van der Waals surface area contributed by atoms with E-state index < -0.39 is 0 Å². The molecule has 2 aromatic rings. The number of hydrogen-bond acceptors (Lipinski definition) is 3. The molecule has 1 aromatic carbocycles. The first kappa shape index (κ1) is 17.1. The highest BCUT2D eigenvalue weighted by atomic mass is 16.3. The van der Waals surface area contributed by atoms with E-state index >= 15 is 0 Å². The Labute approximate surface area is 138 Å². The second-order valence-corrected chi connectivity index (χ2v) is 5.70. The predicted octanol–water partition coefficient (Wildman–Crippen LogP) is 4.44. The Morgan fingerprint density at radius 1 is 1.17 bits per heavy atom. The fraction of sp³-hybridized carbons (Fsp3) is 0.300. The Morgan fingerprint density at radius 2 is 1.96 bits per heavy atom. The molecule has 1 atom stereocenters. The standard InChI is InChI=1S/C20H24N2O/c1-3-7-17-10-12-18(13-11-17)20-15-21-19(14-22-20)9-6-4-5-8-16(2)23/h3,6,9-16,23H,1,4-5,7-8H2,2H3. The van der Waals surface area contributed by atoms with Crippen LogP contribution in [0.3, 0.4) is 0 Å². The minimum atomic E-state index is -0.222. The van der Waals surface area contributed by atoms with Crippen molar-refractivity contribution < 1.29 is 5.11 Å². The molecule has 0 fully saturated rings. The smallest absolute Gasteiger partial charge is 0.0885 e. The van der Waals surface area contributed by atoms with Gasteiger partial charge in [-0.3, -0.25) is 9.97 Å². The number of benzene rings is 1. The van der Waals surface area contributed by atoms with Gasteiger partial charge in [0.2, 0.25) is 0 Å². The van der Waals surface area contributed by atoms with Crippen LogP contribution in [0.4, 0.5) is 0 Å². The molecular formula is C20H24N2O. The van der Waals surface area contributed by atoms with Crippen LogP contribution in [0, 0.1) is 0 Å². The van der Waals surface area contributed by atoms with E-state index in [4.69, 9.17) is 0 Å². The predicted molar refractivity (Wildman–Crippen MR) is 95.9 cm³/mol. The van der Waals surface area contributed by atoms with Crippen molar-refractivity contribution in [3.05, 3.63) is 66.6 Å². The molecule has 3 heteroatoms. The van der Waals surface area contributed by atoms with E-state index in [2.05, 4.69) is 46.9 Å². The number of hydrogen-bond donors (Lipinski definition) is 1. The lowest BCUT2D eigenvalue weighted by atomic mass is 10.1. The topological polar surface area (TPSA) is 46.0 Å². The second-order valence-electron chi connectivity index (χ2n) is 5.70. The maximum Gasteiger partial charge on any atom is 0.0885 e. The van der Waals surface area contributed by atoms with Gasteiger partial charge in [-0.05, 0) is 44.2 Å². The molecule has 1 N–H and O–H groups in total. The first-order valence-electron chi connectivity index (χ1n) is 8.06. The molecule has 120 valence electrons. The quantitative estimate of drug-likeness (QED) is 0.579. The van der Waals surface area contributed by atoms with Gasteiger partial charge < -0.3 is 5.11 Å². The summed E-state index contributed by atoms with van der Waals surface area (Å²) in [6.45, 7) is 5.57. The Morgan fingerprint density at radius 3 is 2.57 bits per heavy atom. The van der Waals surface area contributed by atoms with E-state index in [1.807, 2.05) is 19.1 Å². The third kappa shape index (κ3) is 5.80. The summed E-state index contributed by atoms with van der Waals surface area (Å²) >= 11 is 0. The van der Waals surface area contributed by atoms with Crippen LogP contribution in [0.15, 0.2) is 55.4 Å². The Bertz CT molecular complexity index is 628. The van der Waals surface area contributed by atoms with Crippen LogP contribution in [0.1, 0.15) is 37.4 Å². The zero-order valence-corrected chi connectivity index (χ0v) is 13.7. The van der Waals surface area contributed by atoms with E-state index in [-0.39, 0.29) is 6.10 Å². The summed E-state index contributed by atoms with van der Waals surface area (Å²) in [6.07, 6.45) is 13.0. The van der Waals surface area contributed by atoms with Crippen molar-refractivity contribution in [2.45, 2.75) is 38.7 Å². The summed E-state index contributed by atoms with van der Waals surface area (Å²) in [5, 5.41) is 9.20. The molecule has 0 bridgehead atoms. The SMILES string of the molecule is C=CCc1ccc(-c2cnc(C=CCCCC(C)O)cn2)cc1. The number of aromatic nitrogens is 2. The second kappa shape index (κ2) is 9.01. The van der Waals surface area contributed by atoms with Crippen LogP contribution in [-0.2, 0) is 6.42 Å². The summed E-state index contributed by atoms with van der Waals surface area (Å²) in [5.41, 5.74) is 4.04. The molecule has 3 nitrogen and oxygen atoms in total. The molecule has 0 aliphatic rings. The van der Waals surface area contributed by atoms with E-state index in [0.717, 1.165) is 42.6 Å². The molecular weight excluding hydrogens is 284 g/mol. The van der Waals surface area contributed by atoms with Crippen LogP contribution in [0.2, 0.25) is 0 Å².